The zero-order valence-electron chi connectivity index (χ0n) is 6.61. The second-order valence-corrected chi connectivity index (χ2v) is 3.75. The van der Waals surface area contributed by atoms with Gasteiger partial charge >= 0.3 is 0 Å². The third-order valence-corrected chi connectivity index (χ3v) is 3.07. The molecule has 2 aliphatic carbocycles. The van der Waals surface area contributed by atoms with E-state index in [0.717, 1.165) is 12.3 Å². The average Bonchev–Trinajstić information content (AvgIpc) is 2.62. The highest BCUT2D eigenvalue weighted by Gasteiger charge is 2.38. The Morgan fingerprint density at radius 1 is 1.45 bits per heavy atom. The number of aliphatic hydroxyl groups excluding tert-OH is 1. The van der Waals surface area contributed by atoms with Crippen LogP contribution in [0.1, 0.15) is 12.8 Å². The average molecular weight is 153 g/mol. The highest BCUT2D eigenvalue weighted by molar-refractivity contribution is 5.11. The van der Waals surface area contributed by atoms with Crippen molar-refractivity contribution in [3.63, 3.8) is 0 Å². The lowest BCUT2D eigenvalue weighted by atomic mass is 9.88. The Labute approximate surface area is 67.1 Å². The van der Waals surface area contributed by atoms with Crippen LogP contribution >= 0.6 is 0 Å². The third kappa shape index (κ3) is 1.10. The maximum atomic E-state index is 9.52. The summed E-state index contributed by atoms with van der Waals surface area (Å²) in [7, 11) is 0. The molecule has 3 N–H and O–H groups in total. The van der Waals surface area contributed by atoms with E-state index in [0.29, 0.717) is 18.4 Å². The summed E-state index contributed by atoms with van der Waals surface area (Å²) < 4.78 is 0. The van der Waals surface area contributed by atoms with Crippen molar-refractivity contribution in [2.75, 3.05) is 6.54 Å². The fourth-order valence-corrected chi connectivity index (χ4v) is 2.44. The predicted molar refractivity (Wildman–Crippen MR) is 43.9 cm³/mol. The quantitative estimate of drug-likeness (QED) is 0.568. The van der Waals surface area contributed by atoms with E-state index in [1.54, 1.807) is 0 Å². The monoisotopic (exact) mass is 153 g/mol. The van der Waals surface area contributed by atoms with Crippen molar-refractivity contribution in [2.45, 2.75) is 18.9 Å². The summed E-state index contributed by atoms with van der Waals surface area (Å²) in [6, 6.07) is 0. The lowest BCUT2D eigenvalue weighted by Crippen LogP contribution is -2.31. The van der Waals surface area contributed by atoms with E-state index >= 15 is 0 Å². The van der Waals surface area contributed by atoms with Gasteiger partial charge in [0.1, 0.15) is 0 Å². The maximum Gasteiger partial charge on any atom is 0.0696 e. The molecule has 0 aromatic heterocycles. The van der Waals surface area contributed by atoms with Crippen LogP contribution in [-0.2, 0) is 0 Å². The number of hydrogen-bond donors (Lipinski definition) is 2. The Morgan fingerprint density at radius 2 is 2.27 bits per heavy atom. The first kappa shape index (κ1) is 7.32. The summed E-state index contributed by atoms with van der Waals surface area (Å²) in [5.74, 6) is 1.82. The van der Waals surface area contributed by atoms with E-state index in [-0.39, 0.29) is 6.10 Å². The van der Waals surface area contributed by atoms with Gasteiger partial charge in [-0.3, -0.25) is 0 Å². The zero-order chi connectivity index (χ0) is 7.84. The van der Waals surface area contributed by atoms with Gasteiger partial charge in [0, 0.05) is 6.54 Å². The van der Waals surface area contributed by atoms with Gasteiger partial charge in [-0.15, -0.1) is 0 Å². The molecule has 1 fully saturated rings. The highest BCUT2D eigenvalue weighted by atomic mass is 16.3. The lowest BCUT2D eigenvalue weighted by molar-refractivity contribution is 0.101. The number of fused-ring (bicyclic) bond motifs is 2. The van der Waals surface area contributed by atoms with E-state index in [4.69, 9.17) is 5.73 Å². The summed E-state index contributed by atoms with van der Waals surface area (Å²) in [5.41, 5.74) is 5.41. The van der Waals surface area contributed by atoms with Crippen LogP contribution in [0.5, 0.6) is 0 Å². The second kappa shape index (κ2) is 2.61. The Balaban J connectivity index is 2.02. The van der Waals surface area contributed by atoms with Gasteiger partial charge in [0.2, 0.25) is 0 Å². The van der Waals surface area contributed by atoms with E-state index in [2.05, 4.69) is 12.2 Å². The van der Waals surface area contributed by atoms with E-state index in [1.807, 2.05) is 0 Å². The molecule has 2 aliphatic rings. The smallest absolute Gasteiger partial charge is 0.0696 e. The third-order valence-electron chi connectivity index (χ3n) is 3.07. The van der Waals surface area contributed by atoms with Gasteiger partial charge in [-0.25, -0.2) is 0 Å². The summed E-state index contributed by atoms with van der Waals surface area (Å²) >= 11 is 0. The Morgan fingerprint density at radius 3 is 2.73 bits per heavy atom. The molecule has 0 amide bonds. The van der Waals surface area contributed by atoms with Crippen LogP contribution in [0.3, 0.4) is 0 Å². The topological polar surface area (TPSA) is 46.2 Å². The number of hydrogen-bond acceptors (Lipinski definition) is 2. The zero-order valence-corrected chi connectivity index (χ0v) is 6.61. The summed E-state index contributed by atoms with van der Waals surface area (Å²) in [4.78, 5) is 0. The van der Waals surface area contributed by atoms with Crippen molar-refractivity contribution in [1.82, 2.24) is 0 Å². The van der Waals surface area contributed by atoms with Crippen LogP contribution in [0.4, 0.5) is 0 Å². The van der Waals surface area contributed by atoms with Crippen molar-refractivity contribution >= 4 is 0 Å². The number of nitrogens with two attached hydrogens (primary N) is 1. The first-order valence-electron chi connectivity index (χ1n) is 4.37. The summed E-state index contributed by atoms with van der Waals surface area (Å²) in [5, 5.41) is 9.52. The molecule has 0 heterocycles. The molecule has 0 aromatic rings. The Kier molecular flexibility index (Phi) is 1.74. The molecule has 0 aromatic carbocycles. The van der Waals surface area contributed by atoms with Crippen molar-refractivity contribution < 1.29 is 5.11 Å². The molecule has 0 spiro atoms. The molecule has 62 valence electrons. The van der Waals surface area contributed by atoms with Crippen LogP contribution in [0.2, 0.25) is 0 Å². The molecular weight excluding hydrogens is 138 g/mol. The van der Waals surface area contributed by atoms with Gasteiger partial charge in [0.25, 0.3) is 0 Å². The maximum absolute atomic E-state index is 9.52. The van der Waals surface area contributed by atoms with Crippen LogP contribution in [0, 0.1) is 17.8 Å². The number of rotatable bonds is 2. The molecule has 0 radical (unpaired) electrons. The molecule has 11 heavy (non-hydrogen) atoms. The van der Waals surface area contributed by atoms with Gasteiger partial charge < -0.3 is 10.8 Å². The van der Waals surface area contributed by atoms with Gasteiger partial charge in [0.15, 0.2) is 0 Å². The number of allylic oxidation sites excluding steroid dienone is 2. The van der Waals surface area contributed by atoms with E-state index in [9.17, 15) is 5.11 Å². The fourth-order valence-electron chi connectivity index (χ4n) is 2.44. The minimum Gasteiger partial charge on any atom is -0.392 e. The van der Waals surface area contributed by atoms with E-state index in [1.165, 1.54) is 6.42 Å². The molecule has 2 nitrogen and oxygen atoms in total. The number of aliphatic hydroxyl groups is 1. The van der Waals surface area contributed by atoms with Gasteiger partial charge in [-0.05, 0) is 30.6 Å². The largest absolute Gasteiger partial charge is 0.392 e. The molecule has 1 saturated carbocycles. The first-order chi connectivity index (χ1) is 5.31. The molecule has 3 unspecified atom stereocenters. The molecular formula is C9H15NO. The van der Waals surface area contributed by atoms with Gasteiger partial charge in [-0.1, -0.05) is 12.2 Å². The fraction of sp³-hybridized carbons (Fsp3) is 0.778. The van der Waals surface area contributed by atoms with Crippen molar-refractivity contribution in [3.8, 4) is 0 Å². The van der Waals surface area contributed by atoms with Crippen LogP contribution < -0.4 is 5.73 Å². The van der Waals surface area contributed by atoms with Crippen LogP contribution in [0.25, 0.3) is 0 Å². The summed E-state index contributed by atoms with van der Waals surface area (Å²) in [6.07, 6.45) is 6.67. The highest BCUT2D eigenvalue weighted by Crippen LogP contribution is 2.44. The van der Waals surface area contributed by atoms with Crippen molar-refractivity contribution in [3.05, 3.63) is 12.2 Å². The lowest BCUT2D eigenvalue weighted by Gasteiger charge is -2.22. The van der Waals surface area contributed by atoms with E-state index < -0.39 is 0 Å². The first-order valence-corrected chi connectivity index (χ1v) is 4.37. The van der Waals surface area contributed by atoms with Gasteiger partial charge in [0.05, 0.1) is 6.10 Å². The second-order valence-electron chi connectivity index (χ2n) is 3.75. The Hall–Kier alpha value is -0.340. The molecule has 2 rings (SSSR count). The van der Waals surface area contributed by atoms with Crippen molar-refractivity contribution in [1.29, 1.82) is 0 Å². The Bertz CT molecular complexity index is 178. The van der Waals surface area contributed by atoms with Crippen LogP contribution in [-0.4, -0.2) is 17.8 Å². The molecule has 2 bridgehead atoms. The molecule has 0 saturated heterocycles. The normalized spacial score (nSPS) is 43.3. The molecule has 0 aliphatic heterocycles. The predicted octanol–water partition coefficient (Wildman–Crippen LogP) is 0.518. The summed E-state index contributed by atoms with van der Waals surface area (Å²) in [6.45, 7) is 0.418. The van der Waals surface area contributed by atoms with Crippen LogP contribution in [0.15, 0.2) is 12.2 Å². The minimum atomic E-state index is -0.269. The SMILES string of the molecule is NC[C@@H](O)C1CC2C=CC1C2. The molecule has 4 atom stereocenters. The van der Waals surface area contributed by atoms with Gasteiger partial charge in [-0.2, -0.15) is 0 Å². The minimum absolute atomic E-state index is 0.269. The molecule has 2 heteroatoms. The standard InChI is InChI=1S/C9H15NO/c10-5-9(11)8-4-6-1-2-7(8)3-6/h1-2,6-9,11H,3-5,10H2/t6?,7?,8?,9-/m1/s1. The van der Waals surface area contributed by atoms with Crippen molar-refractivity contribution in [2.24, 2.45) is 23.5 Å².